The fourth-order valence-electron chi connectivity index (χ4n) is 2.09. The van der Waals surface area contributed by atoms with Gasteiger partial charge in [-0.3, -0.25) is 9.59 Å². The van der Waals surface area contributed by atoms with Gasteiger partial charge in [0.1, 0.15) is 11.7 Å². The summed E-state index contributed by atoms with van der Waals surface area (Å²) < 4.78 is 6.30. The number of nitrogens with zero attached hydrogens (tertiary/aromatic N) is 1. The lowest BCUT2D eigenvalue weighted by Gasteiger charge is -2.11. The molecule has 0 aliphatic rings. The Morgan fingerprint density at radius 3 is 2.70 bits per heavy atom. The van der Waals surface area contributed by atoms with Crippen molar-refractivity contribution >= 4 is 39.6 Å². The molecular formula is C20H22BrN3O3. The van der Waals surface area contributed by atoms with Crippen LogP contribution in [-0.2, 0) is 9.59 Å². The highest BCUT2D eigenvalue weighted by Crippen LogP contribution is 2.21. The summed E-state index contributed by atoms with van der Waals surface area (Å²) in [5.74, 6) is -1.06. The summed E-state index contributed by atoms with van der Waals surface area (Å²) in [4.78, 5) is 24.4. The lowest BCUT2D eigenvalue weighted by molar-refractivity contribution is -0.131. The number of hydrazone groups is 1. The maximum Gasteiger partial charge on any atom is 0.252 e. The molecule has 0 radical (unpaired) electrons. The van der Waals surface area contributed by atoms with Crippen molar-refractivity contribution in [2.45, 2.75) is 20.3 Å². The number of halogens is 1. The summed E-state index contributed by atoms with van der Waals surface area (Å²) in [6, 6.07) is 14.6. The van der Waals surface area contributed by atoms with Crippen LogP contribution in [0.1, 0.15) is 25.8 Å². The molecule has 1 atom stereocenters. The van der Waals surface area contributed by atoms with Crippen molar-refractivity contribution in [1.82, 2.24) is 5.43 Å². The number of anilines is 1. The van der Waals surface area contributed by atoms with E-state index in [0.29, 0.717) is 12.3 Å². The maximum absolute atomic E-state index is 12.2. The second kappa shape index (κ2) is 10.5. The van der Waals surface area contributed by atoms with Gasteiger partial charge in [-0.15, -0.1) is 0 Å². The smallest absolute Gasteiger partial charge is 0.252 e. The number of para-hydroxylation sites is 1. The molecule has 0 saturated heterocycles. The zero-order valence-corrected chi connectivity index (χ0v) is 16.8. The first-order valence-electron chi connectivity index (χ1n) is 8.62. The molecule has 27 heavy (non-hydrogen) atoms. The first-order chi connectivity index (χ1) is 13.0. The highest BCUT2D eigenvalue weighted by atomic mass is 79.9. The normalized spacial score (nSPS) is 11.8. The molecule has 0 aliphatic heterocycles. The Kier molecular flexibility index (Phi) is 8.00. The summed E-state index contributed by atoms with van der Waals surface area (Å²) in [5, 5.41) is 6.63. The SMILES string of the molecule is CCCOc1cccc(C=NNC(=O)C(C)C(=O)Nc2ccccc2Br)c1. The number of rotatable bonds is 8. The van der Waals surface area contributed by atoms with Gasteiger partial charge < -0.3 is 10.1 Å². The Balaban J connectivity index is 1.89. The molecule has 7 heteroatoms. The van der Waals surface area contributed by atoms with Gasteiger partial charge in [-0.1, -0.05) is 31.2 Å². The summed E-state index contributed by atoms with van der Waals surface area (Å²) in [5.41, 5.74) is 3.78. The van der Waals surface area contributed by atoms with Gasteiger partial charge in [0.25, 0.3) is 5.91 Å². The standard InChI is InChI=1S/C20H22BrN3O3/c1-3-11-27-16-8-6-7-15(12-16)13-22-24-20(26)14(2)19(25)23-18-10-5-4-9-17(18)21/h4-10,12-14H,3,11H2,1-2H3,(H,23,25)(H,24,26). The Labute approximate surface area is 167 Å². The molecule has 1 unspecified atom stereocenters. The van der Waals surface area contributed by atoms with Gasteiger partial charge in [0, 0.05) is 4.47 Å². The Morgan fingerprint density at radius 2 is 1.96 bits per heavy atom. The summed E-state index contributed by atoms with van der Waals surface area (Å²) in [7, 11) is 0. The van der Waals surface area contributed by atoms with Crippen molar-refractivity contribution in [3.8, 4) is 5.75 Å². The van der Waals surface area contributed by atoms with E-state index in [4.69, 9.17) is 4.74 Å². The number of ether oxygens (including phenoxy) is 1. The minimum absolute atomic E-state index is 0.412. The number of nitrogens with one attached hydrogen (secondary N) is 2. The minimum atomic E-state index is -0.895. The topological polar surface area (TPSA) is 79.8 Å². The third kappa shape index (κ3) is 6.53. The number of hydrogen-bond acceptors (Lipinski definition) is 4. The van der Waals surface area contributed by atoms with Gasteiger partial charge in [0.05, 0.1) is 18.5 Å². The molecule has 0 aliphatic carbocycles. The summed E-state index contributed by atoms with van der Waals surface area (Å²) in [6.07, 6.45) is 2.43. The van der Waals surface area contributed by atoms with Crippen LogP contribution in [0.4, 0.5) is 5.69 Å². The monoisotopic (exact) mass is 431 g/mol. The third-order valence-electron chi connectivity index (χ3n) is 3.64. The van der Waals surface area contributed by atoms with Gasteiger partial charge in [0.2, 0.25) is 5.91 Å². The number of carbonyl (C=O) groups excluding carboxylic acids is 2. The second-order valence-corrected chi connectivity index (χ2v) is 6.70. The molecule has 2 amide bonds. The van der Waals surface area contributed by atoms with E-state index in [1.54, 1.807) is 12.1 Å². The fraction of sp³-hybridized carbons (Fsp3) is 0.250. The highest BCUT2D eigenvalue weighted by molar-refractivity contribution is 9.10. The number of carbonyl (C=O) groups is 2. The zero-order valence-electron chi connectivity index (χ0n) is 15.2. The lowest BCUT2D eigenvalue weighted by Crippen LogP contribution is -2.34. The van der Waals surface area contributed by atoms with Gasteiger partial charge in [0.15, 0.2) is 0 Å². The van der Waals surface area contributed by atoms with Crippen LogP contribution in [-0.4, -0.2) is 24.6 Å². The molecule has 0 heterocycles. The Bertz CT molecular complexity index is 824. The van der Waals surface area contributed by atoms with Crippen LogP contribution >= 0.6 is 15.9 Å². The second-order valence-electron chi connectivity index (χ2n) is 5.85. The number of hydrogen-bond donors (Lipinski definition) is 2. The van der Waals surface area contributed by atoms with Crippen LogP contribution in [0.3, 0.4) is 0 Å². The Morgan fingerprint density at radius 1 is 1.19 bits per heavy atom. The van der Waals surface area contributed by atoms with Gasteiger partial charge >= 0.3 is 0 Å². The molecule has 0 spiro atoms. The van der Waals surface area contributed by atoms with E-state index >= 15 is 0 Å². The van der Waals surface area contributed by atoms with Crippen molar-refractivity contribution in [3.63, 3.8) is 0 Å². The van der Waals surface area contributed by atoms with E-state index in [2.05, 4.69) is 31.8 Å². The van der Waals surface area contributed by atoms with E-state index in [1.165, 1.54) is 13.1 Å². The highest BCUT2D eigenvalue weighted by Gasteiger charge is 2.21. The maximum atomic E-state index is 12.2. The predicted molar refractivity (Wildman–Crippen MR) is 110 cm³/mol. The van der Waals surface area contributed by atoms with Crippen molar-refractivity contribution in [1.29, 1.82) is 0 Å². The van der Waals surface area contributed by atoms with E-state index < -0.39 is 17.7 Å². The lowest BCUT2D eigenvalue weighted by atomic mass is 10.1. The largest absolute Gasteiger partial charge is 0.494 e. The predicted octanol–water partition coefficient (Wildman–Crippen LogP) is 3.96. The van der Waals surface area contributed by atoms with Crippen LogP contribution in [0, 0.1) is 5.92 Å². The van der Waals surface area contributed by atoms with Crippen molar-refractivity contribution in [3.05, 3.63) is 58.6 Å². The summed E-state index contributed by atoms with van der Waals surface area (Å²) in [6.45, 7) is 4.20. The van der Waals surface area contributed by atoms with E-state index in [1.807, 2.05) is 43.3 Å². The van der Waals surface area contributed by atoms with Crippen molar-refractivity contribution in [2.75, 3.05) is 11.9 Å². The quantitative estimate of drug-likeness (QED) is 0.377. The average molecular weight is 432 g/mol. The molecule has 2 N–H and O–H groups in total. The molecule has 6 nitrogen and oxygen atoms in total. The first kappa shape index (κ1) is 20.6. The van der Waals surface area contributed by atoms with Crippen LogP contribution in [0.15, 0.2) is 58.1 Å². The van der Waals surface area contributed by atoms with Crippen LogP contribution in [0.5, 0.6) is 5.75 Å². The van der Waals surface area contributed by atoms with Crippen LogP contribution in [0.25, 0.3) is 0 Å². The molecule has 0 bridgehead atoms. The molecular weight excluding hydrogens is 410 g/mol. The number of amides is 2. The van der Waals surface area contributed by atoms with E-state index in [-0.39, 0.29) is 0 Å². The van der Waals surface area contributed by atoms with E-state index in [9.17, 15) is 9.59 Å². The molecule has 2 aromatic carbocycles. The van der Waals surface area contributed by atoms with Gasteiger partial charge in [-0.25, -0.2) is 5.43 Å². The molecule has 2 aromatic rings. The molecule has 0 aromatic heterocycles. The Hall–Kier alpha value is -2.67. The summed E-state index contributed by atoms with van der Waals surface area (Å²) >= 11 is 3.35. The first-order valence-corrected chi connectivity index (χ1v) is 9.41. The third-order valence-corrected chi connectivity index (χ3v) is 4.33. The fourth-order valence-corrected chi connectivity index (χ4v) is 2.48. The molecule has 142 valence electrons. The number of benzene rings is 2. The van der Waals surface area contributed by atoms with E-state index in [0.717, 1.165) is 22.2 Å². The zero-order chi connectivity index (χ0) is 19.6. The minimum Gasteiger partial charge on any atom is -0.494 e. The van der Waals surface area contributed by atoms with Gasteiger partial charge in [-0.05, 0) is 59.1 Å². The van der Waals surface area contributed by atoms with Crippen LogP contribution in [0.2, 0.25) is 0 Å². The molecule has 0 saturated carbocycles. The molecule has 0 fully saturated rings. The van der Waals surface area contributed by atoms with Crippen LogP contribution < -0.4 is 15.5 Å². The van der Waals surface area contributed by atoms with Crippen molar-refractivity contribution in [2.24, 2.45) is 11.0 Å². The average Bonchev–Trinajstić information content (AvgIpc) is 2.67. The molecule has 2 rings (SSSR count). The van der Waals surface area contributed by atoms with Gasteiger partial charge in [-0.2, -0.15) is 5.10 Å². The van der Waals surface area contributed by atoms with Crippen molar-refractivity contribution < 1.29 is 14.3 Å².